The zero-order valence-electron chi connectivity index (χ0n) is 11.9. The number of nitrogens with zero attached hydrogens (tertiary/aromatic N) is 1. The van der Waals surface area contributed by atoms with Gasteiger partial charge < -0.3 is 10.0 Å². The summed E-state index contributed by atoms with van der Waals surface area (Å²) in [6.07, 6.45) is 0. The Morgan fingerprint density at radius 1 is 1.19 bits per heavy atom. The quantitative estimate of drug-likeness (QED) is 0.858. The normalized spacial score (nSPS) is 10.4. The molecule has 2 aromatic carbocycles. The number of hydrogen-bond donors (Lipinski definition) is 1. The third-order valence-corrected chi connectivity index (χ3v) is 3.48. The summed E-state index contributed by atoms with van der Waals surface area (Å²) in [6.45, 7) is 2.76. The van der Waals surface area contributed by atoms with E-state index in [1.807, 2.05) is 30.3 Å². The lowest BCUT2D eigenvalue weighted by Gasteiger charge is -2.22. The van der Waals surface area contributed by atoms with Gasteiger partial charge in [-0.15, -0.1) is 11.6 Å². The van der Waals surface area contributed by atoms with E-state index >= 15 is 0 Å². The number of alkyl halides is 1. The molecule has 2 aromatic rings. The van der Waals surface area contributed by atoms with Gasteiger partial charge in [0, 0.05) is 24.5 Å². The van der Waals surface area contributed by atoms with Gasteiger partial charge in [-0.05, 0) is 30.2 Å². The number of benzene rings is 2. The fourth-order valence-electron chi connectivity index (χ4n) is 2.08. The summed E-state index contributed by atoms with van der Waals surface area (Å²) in [6, 6.07) is 14.7. The minimum absolute atomic E-state index is 0.130. The minimum Gasteiger partial charge on any atom is -0.508 e. The van der Waals surface area contributed by atoms with Crippen LogP contribution in [-0.2, 0) is 6.54 Å². The van der Waals surface area contributed by atoms with E-state index in [-0.39, 0.29) is 11.7 Å². The van der Waals surface area contributed by atoms with E-state index in [0.717, 1.165) is 11.1 Å². The predicted octanol–water partition coefficient (Wildman–Crippen LogP) is 3.58. The van der Waals surface area contributed by atoms with Crippen LogP contribution in [0.4, 0.5) is 0 Å². The molecule has 110 valence electrons. The molecule has 0 radical (unpaired) electrons. The number of carbonyl (C=O) groups excluding carboxylic acids is 1. The van der Waals surface area contributed by atoms with Gasteiger partial charge in [0.2, 0.25) is 0 Å². The number of aryl methyl sites for hydroxylation is 1. The first-order valence-corrected chi connectivity index (χ1v) is 7.34. The maximum absolute atomic E-state index is 12.6. The molecule has 0 saturated heterocycles. The molecule has 0 fully saturated rings. The third-order valence-electron chi connectivity index (χ3n) is 3.31. The molecule has 2 rings (SSSR count). The molecule has 0 aromatic heterocycles. The fourth-order valence-corrected chi connectivity index (χ4v) is 2.29. The van der Waals surface area contributed by atoms with Crippen LogP contribution >= 0.6 is 11.6 Å². The van der Waals surface area contributed by atoms with Gasteiger partial charge in [0.05, 0.1) is 0 Å². The zero-order chi connectivity index (χ0) is 15.2. The van der Waals surface area contributed by atoms with Crippen molar-refractivity contribution in [3.63, 3.8) is 0 Å². The predicted molar refractivity (Wildman–Crippen MR) is 84.7 cm³/mol. The highest BCUT2D eigenvalue weighted by Crippen LogP contribution is 2.19. The summed E-state index contributed by atoms with van der Waals surface area (Å²) in [4.78, 5) is 14.2. The molecule has 0 aliphatic heterocycles. The van der Waals surface area contributed by atoms with Crippen LogP contribution in [-0.4, -0.2) is 28.3 Å². The van der Waals surface area contributed by atoms with Gasteiger partial charge >= 0.3 is 0 Å². The highest BCUT2D eigenvalue weighted by Gasteiger charge is 2.16. The van der Waals surface area contributed by atoms with Crippen LogP contribution in [0.3, 0.4) is 0 Å². The van der Waals surface area contributed by atoms with E-state index in [9.17, 15) is 9.90 Å². The smallest absolute Gasteiger partial charge is 0.254 e. The Bertz CT molecular complexity index is 613. The first-order chi connectivity index (χ1) is 10.1. The first-order valence-electron chi connectivity index (χ1n) is 6.80. The Morgan fingerprint density at radius 3 is 2.52 bits per heavy atom. The molecule has 21 heavy (non-hydrogen) atoms. The van der Waals surface area contributed by atoms with Crippen LogP contribution in [0.25, 0.3) is 0 Å². The molecule has 3 nitrogen and oxygen atoms in total. The average molecular weight is 304 g/mol. The SMILES string of the molecule is Cc1ccc(C(=O)N(CCCl)Cc2ccccc2)cc1O. The number of aromatic hydroxyl groups is 1. The van der Waals surface area contributed by atoms with Crippen molar-refractivity contribution >= 4 is 17.5 Å². The van der Waals surface area contributed by atoms with E-state index in [1.54, 1.807) is 24.0 Å². The van der Waals surface area contributed by atoms with Gasteiger partial charge in [0.1, 0.15) is 5.75 Å². The fraction of sp³-hybridized carbons (Fsp3) is 0.235. The van der Waals surface area contributed by atoms with Crippen molar-refractivity contribution in [3.05, 3.63) is 65.2 Å². The summed E-state index contributed by atoms with van der Waals surface area (Å²) >= 11 is 5.81. The number of halogens is 1. The Labute approximate surface area is 129 Å². The van der Waals surface area contributed by atoms with Gasteiger partial charge in [0.15, 0.2) is 0 Å². The third kappa shape index (κ3) is 3.99. The molecule has 0 saturated carbocycles. The standard InChI is InChI=1S/C17H18ClNO2/c1-13-7-8-15(11-16(13)20)17(21)19(10-9-18)12-14-5-3-2-4-6-14/h2-8,11,20H,9-10,12H2,1H3. The zero-order valence-corrected chi connectivity index (χ0v) is 12.7. The van der Waals surface area contributed by atoms with E-state index < -0.39 is 0 Å². The van der Waals surface area contributed by atoms with Crippen LogP contribution in [0, 0.1) is 6.92 Å². The summed E-state index contributed by atoms with van der Waals surface area (Å²) in [5.41, 5.74) is 2.27. The molecule has 0 aliphatic carbocycles. The summed E-state index contributed by atoms with van der Waals surface area (Å²) in [7, 11) is 0. The van der Waals surface area contributed by atoms with Crippen molar-refractivity contribution < 1.29 is 9.90 Å². The lowest BCUT2D eigenvalue weighted by Crippen LogP contribution is -2.32. The number of amides is 1. The second kappa shape index (κ2) is 7.14. The number of phenols is 1. The van der Waals surface area contributed by atoms with Crippen molar-refractivity contribution in [1.29, 1.82) is 0 Å². The maximum Gasteiger partial charge on any atom is 0.254 e. The Hall–Kier alpha value is -2.00. The number of hydrogen-bond acceptors (Lipinski definition) is 2. The molecule has 0 spiro atoms. The second-order valence-electron chi connectivity index (χ2n) is 4.90. The van der Waals surface area contributed by atoms with Gasteiger partial charge in [-0.2, -0.15) is 0 Å². The van der Waals surface area contributed by atoms with Crippen LogP contribution < -0.4 is 0 Å². The minimum atomic E-state index is -0.130. The van der Waals surface area contributed by atoms with Gasteiger partial charge in [-0.3, -0.25) is 4.79 Å². The lowest BCUT2D eigenvalue weighted by molar-refractivity contribution is 0.0753. The summed E-state index contributed by atoms with van der Waals surface area (Å²) in [5, 5.41) is 9.75. The molecule has 0 aliphatic rings. The maximum atomic E-state index is 12.6. The summed E-state index contributed by atoms with van der Waals surface area (Å²) < 4.78 is 0. The largest absolute Gasteiger partial charge is 0.508 e. The van der Waals surface area contributed by atoms with Crippen LogP contribution in [0.5, 0.6) is 5.75 Å². The number of rotatable bonds is 5. The highest BCUT2D eigenvalue weighted by atomic mass is 35.5. The van der Waals surface area contributed by atoms with Crippen molar-refractivity contribution in [1.82, 2.24) is 4.90 Å². The molecule has 0 heterocycles. The first kappa shape index (κ1) is 15.4. The average Bonchev–Trinajstić information content (AvgIpc) is 2.50. The molecule has 1 N–H and O–H groups in total. The number of carbonyl (C=O) groups is 1. The molecule has 0 unspecified atom stereocenters. The monoisotopic (exact) mass is 303 g/mol. The lowest BCUT2D eigenvalue weighted by atomic mass is 10.1. The molecule has 1 amide bonds. The molecule has 0 atom stereocenters. The highest BCUT2D eigenvalue weighted by molar-refractivity contribution is 6.18. The van der Waals surface area contributed by atoms with Crippen molar-refractivity contribution in [2.75, 3.05) is 12.4 Å². The molecule has 4 heteroatoms. The van der Waals surface area contributed by atoms with Crippen molar-refractivity contribution in [2.24, 2.45) is 0 Å². The summed E-state index contributed by atoms with van der Waals surface area (Å²) in [5.74, 6) is 0.373. The van der Waals surface area contributed by atoms with E-state index in [2.05, 4.69) is 0 Å². The second-order valence-corrected chi connectivity index (χ2v) is 5.28. The van der Waals surface area contributed by atoms with Gasteiger partial charge in [-0.1, -0.05) is 36.4 Å². The van der Waals surface area contributed by atoms with Crippen LogP contribution in [0.1, 0.15) is 21.5 Å². The molecule has 0 bridgehead atoms. The van der Waals surface area contributed by atoms with Crippen LogP contribution in [0.15, 0.2) is 48.5 Å². The van der Waals surface area contributed by atoms with Gasteiger partial charge in [-0.25, -0.2) is 0 Å². The van der Waals surface area contributed by atoms with Crippen molar-refractivity contribution in [2.45, 2.75) is 13.5 Å². The molecular formula is C17H18ClNO2. The topological polar surface area (TPSA) is 40.5 Å². The number of phenolic OH excluding ortho intramolecular Hbond substituents is 1. The van der Waals surface area contributed by atoms with E-state index in [1.165, 1.54) is 6.07 Å². The Morgan fingerprint density at radius 2 is 1.90 bits per heavy atom. The van der Waals surface area contributed by atoms with E-state index in [0.29, 0.717) is 24.5 Å². The van der Waals surface area contributed by atoms with Crippen molar-refractivity contribution in [3.8, 4) is 5.75 Å². The molecular weight excluding hydrogens is 286 g/mol. The van der Waals surface area contributed by atoms with E-state index in [4.69, 9.17) is 11.6 Å². The van der Waals surface area contributed by atoms with Gasteiger partial charge in [0.25, 0.3) is 5.91 Å². The Balaban J connectivity index is 2.20. The Kier molecular flexibility index (Phi) is 5.23. The van der Waals surface area contributed by atoms with Crippen LogP contribution in [0.2, 0.25) is 0 Å².